The topological polar surface area (TPSA) is 88.1 Å². The Bertz CT molecular complexity index is 1450. The monoisotopic (exact) mass is 474 g/mol. The highest BCUT2D eigenvalue weighted by atomic mass is 16.5. The number of aryl methyl sites for hydroxylation is 1. The maximum absolute atomic E-state index is 13.6. The molecular formula is C27H30N4O4. The molecule has 0 bridgehead atoms. The molecule has 0 fully saturated rings. The van der Waals surface area contributed by atoms with Gasteiger partial charge in [0.2, 0.25) is 0 Å². The number of hydrogen-bond acceptors (Lipinski definition) is 5. The third kappa shape index (κ3) is 4.69. The number of carbonyl (C=O) groups excluding carboxylic acids is 1. The summed E-state index contributed by atoms with van der Waals surface area (Å²) in [6, 6.07) is 16.6. The molecular weight excluding hydrogens is 444 g/mol. The van der Waals surface area contributed by atoms with Gasteiger partial charge in [0.1, 0.15) is 6.04 Å². The van der Waals surface area contributed by atoms with Gasteiger partial charge in [0.25, 0.3) is 5.56 Å². The van der Waals surface area contributed by atoms with Crippen LogP contribution in [0.4, 0.5) is 0 Å². The zero-order chi connectivity index (χ0) is 25.1. The second-order valence-electron chi connectivity index (χ2n) is 8.81. The van der Waals surface area contributed by atoms with Crippen LogP contribution in [0.2, 0.25) is 0 Å². The molecule has 35 heavy (non-hydrogen) atoms. The molecule has 0 aliphatic rings. The van der Waals surface area contributed by atoms with Crippen molar-refractivity contribution >= 4 is 17.1 Å². The second kappa shape index (κ2) is 10.1. The Hall–Kier alpha value is -3.94. The number of fused-ring (bicyclic) bond motifs is 1. The van der Waals surface area contributed by atoms with Gasteiger partial charge in [-0.3, -0.25) is 9.36 Å². The van der Waals surface area contributed by atoms with Gasteiger partial charge in [0.15, 0.2) is 11.2 Å². The van der Waals surface area contributed by atoms with Gasteiger partial charge in [0.05, 0.1) is 18.6 Å². The van der Waals surface area contributed by atoms with Crippen LogP contribution in [-0.2, 0) is 22.5 Å². The number of carbonyl (C=O) groups is 1. The van der Waals surface area contributed by atoms with Crippen molar-refractivity contribution in [2.24, 2.45) is 0 Å². The normalized spacial score (nSPS) is 12.3. The largest absolute Gasteiger partial charge is 0.464 e. The summed E-state index contributed by atoms with van der Waals surface area (Å²) in [6.07, 6.45) is 1.93. The molecule has 8 nitrogen and oxygen atoms in total. The van der Waals surface area contributed by atoms with Gasteiger partial charge < -0.3 is 9.30 Å². The number of rotatable bonds is 8. The SMILES string of the molecule is CCOC(=O)[C@H](C)n1cnc2c1c(=O)n(CCc1ccccc1)c(=O)n2-c1ccc(C(C)C)cc1. The maximum atomic E-state index is 13.6. The van der Waals surface area contributed by atoms with Crippen molar-refractivity contribution in [3.63, 3.8) is 0 Å². The van der Waals surface area contributed by atoms with Crippen molar-refractivity contribution in [2.45, 2.75) is 52.6 Å². The smallest absolute Gasteiger partial charge is 0.337 e. The summed E-state index contributed by atoms with van der Waals surface area (Å²) in [5, 5.41) is 0. The third-order valence-electron chi connectivity index (χ3n) is 6.19. The van der Waals surface area contributed by atoms with E-state index in [4.69, 9.17) is 4.74 Å². The summed E-state index contributed by atoms with van der Waals surface area (Å²) in [4.78, 5) is 44.1. The van der Waals surface area contributed by atoms with Gasteiger partial charge in [-0.05, 0) is 49.4 Å². The molecule has 2 aromatic carbocycles. The van der Waals surface area contributed by atoms with E-state index in [0.29, 0.717) is 18.0 Å². The van der Waals surface area contributed by atoms with Crippen molar-refractivity contribution in [3.05, 3.63) is 92.9 Å². The highest BCUT2D eigenvalue weighted by molar-refractivity contribution is 5.79. The van der Waals surface area contributed by atoms with E-state index >= 15 is 0 Å². The Morgan fingerprint density at radius 1 is 1.00 bits per heavy atom. The van der Waals surface area contributed by atoms with E-state index in [0.717, 1.165) is 11.1 Å². The van der Waals surface area contributed by atoms with Crippen LogP contribution < -0.4 is 11.2 Å². The number of imidazole rings is 1. The predicted octanol–water partition coefficient (Wildman–Crippen LogP) is 3.84. The number of ether oxygens (including phenoxy) is 1. The molecule has 0 aliphatic carbocycles. The molecule has 0 aliphatic heterocycles. The maximum Gasteiger partial charge on any atom is 0.337 e. The standard InChI is InChI=1S/C27H30N4O4/c1-5-35-26(33)19(4)30-17-28-24-23(30)25(32)29(16-15-20-9-7-6-8-10-20)27(34)31(24)22-13-11-21(12-14-22)18(2)3/h6-14,17-19H,5,15-16H2,1-4H3/t19-/m0/s1. The van der Waals surface area contributed by atoms with E-state index < -0.39 is 23.3 Å². The molecule has 2 aromatic heterocycles. The minimum atomic E-state index is -0.774. The molecule has 4 aromatic rings. The molecule has 0 N–H and O–H groups in total. The van der Waals surface area contributed by atoms with E-state index in [1.54, 1.807) is 13.8 Å². The van der Waals surface area contributed by atoms with Crippen LogP contribution >= 0.6 is 0 Å². The van der Waals surface area contributed by atoms with Crippen LogP contribution in [0.15, 0.2) is 70.5 Å². The second-order valence-corrected chi connectivity index (χ2v) is 8.81. The van der Waals surface area contributed by atoms with Crippen molar-refractivity contribution in [1.82, 2.24) is 18.7 Å². The molecule has 1 atom stereocenters. The van der Waals surface area contributed by atoms with Gasteiger partial charge in [-0.25, -0.2) is 19.1 Å². The van der Waals surface area contributed by atoms with Gasteiger partial charge in [-0.1, -0.05) is 56.3 Å². The zero-order valence-corrected chi connectivity index (χ0v) is 20.5. The van der Waals surface area contributed by atoms with E-state index in [9.17, 15) is 14.4 Å². The Labute approximate surface area is 203 Å². The highest BCUT2D eigenvalue weighted by Crippen LogP contribution is 2.20. The summed E-state index contributed by atoms with van der Waals surface area (Å²) < 4.78 is 9.32. The Balaban J connectivity index is 1.92. The predicted molar refractivity (Wildman–Crippen MR) is 135 cm³/mol. The fourth-order valence-corrected chi connectivity index (χ4v) is 4.14. The lowest BCUT2D eigenvalue weighted by Crippen LogP contribution is -2.41. The van der Waals surface area contributed by atoms with Gasteiger partial charge in [0, 0.05) is 6.54 Å². The minimum Gasteiger partial charge on any atom is -0.464 e. The van der Waals surface area contributed by atoms with E-state index in [1.165, 1.54) is 20.0 Å². The molecule has 0 radical (unpaired) electrons. The lowest BCUT2D eigenvalue weighted by Gasteiger charge is -2.16. The van der Waals surface area contributed by atoms with E-state index in [2.05, 4.69) is 18.8 Å². The summed E-state index contributed by atoms with van der Waals surface area (Å²) >= 11 is 0. The van der Waals surface area contributed by atoms with Crippen molar-refractivity contribution in [1.29, 1.82) is 0 Å². The number of benzene rings is 2. The van der Waals surface area contributed by atoms with Crippen LogP contribution in [0.5, 0.6) is 0 Å². The first-order valence-corrected chi connectivity index (χ1v) is 11.9. The lowest BCUT2D eigenvalue weighted by atomic mass is 10.0. The van der Waals surface area contributed by atoms with E-state index in [1.807, 2.05) is 54.6 Å². The van der Waals surface area contributed by atoms with Gasteiger partial charge in [-0.15, -0.1) is 0 Å². The quantitative estimate of drug-likeness (QED) is 0.362. The Kier molecular flexibility index (Phi) is 7.00. The van der Waals surface area contributed by atoms with Crippen LogP contribution in [0.25, 0.3) is 16.9 Å². The molecule has 182 valence electrons. The van der Waals surface area contributed by atoms with E-state index in [-0.39, 0.29) is 24.3 Å². The minimum absolute atomic E-state index is 0.186. The fraction of sp³-hybridized carbons (Fsp3) is 0.333. The number of nitrogens with zero attached hydrogens (tertiary/aromatic N) is 4. The summed E-state index contributed by atoms with van der Waals surface area (Å²) in [5.74, 6) is -0.133. The average Bonchev–Trinajstić information content (AvgIpc) is 3.29. The van der Waals surface area contributed by atoms with Gasteiger partial charge in [-0.2, -0.15) is 0 Å². The molecule has 8 heteroatoms. The van der Waals surface area contributed by atoms with Crippen molar-refractivity contribution in [2.75, 3.05) is 6.61 Å². The summed E-state index contributed by atoms with van der Waals surface area (Å²) in [5.41, 5.74) is 2.20. The van der Waals surface area contributed by atoms with Crippen LogP contribution in [-0.4, -0.2) is 31.3 Å². The fourth-order valence-electron chi connectivity index (χ4n) is 4.14. The molecule has 0 saturated carbocycles. The molecule has 0 unspecified atom stereocenters. The molecule has 0 amide bonds. The summed E-state index contributed by atoms with van der Waals surface area (Å²) in [6.45, 7) is 8.00. The van der Waals surface area contributed by atoms with Gasteiger partial charge >= 0.3 is 11.7 Å². The number of aromatic nitrogens is 4. The van der Waals surface area contributed by atoms with Crippen LogP contribution in [0.3, 0.4) is 0 Å². The zero-order valence-electron chi connectivity index (χ0n) is 20.5. The molecule has 0 saturated heterocycles. The number of esters is 1. The van der Waals surface area contributed by atoms with Crippen LogP contribution in [0.1, 0.15) is 50.8 Å². The van der Waals surface area contributed by atoms with Crippen LogP contribution in [0, 0.1) is 0 Å². The Morgan fingerprint density at radius 3 is 2.31 bits per heavy atom. The Morgan fingerprint density at radius 2 is 1.69 bits per heavy atom. The average molecular weight is 475 g/mol. The lowest BCUT2D eigenvalue weighted by molar-refractivity contribution is -0.146. The molecule has 0 spiro atoms. The first-order chi connectivity index (χ1) is 16.8. The summed E-state index contributed by atoms with van der Waals surface area (Å²) in [7, 11) is 0. The number of hydrogen-bond donors (Lipinski definition) is 0. The van der Waals surface area contributed by atoms with Crippen molar-refractivity contribution in [3.8, 4) is 5.69 Å². The van der Waals surface area contributed by atoms with Crippen molar-refractivity contribution < 1.29 is 9.53 Å². The molecule has 4 rings (SSSR count). The first-order valence-electron chi connectivity index (χ1n) is 11.9. The third-order valence-corrected chi connectivity index (χ3v) is 6.19. The molecule has 2 heterocycles. The highest BCUT2D eigenvalue weighted by Gasteiger charge is 2.24. The first kappa shape index (κ1) is 24.2.